The first-order valence-electron chi connectivity index (χ1n) is 5.01. The Balaban J connectivity index is 2.81. The van der Waals surface area contributed by atoms with Crippen molar-refractivity contribution in [1.29, 1.82) is 0 Å². The van der Waals surface area contributed by atoms with E-state index in [4.69, 9.17) is 5.11 Å². The van der Waals surface area contributed by atoms with Crippen molar-refractivity contribution < 1.29 is 14.7 Å². The van der Waals surface area contributed by atoms with Gasteiger partial charge >= 0.3 is 5.97 Å². The summed E-state index contributed by atoms with van der Waals surface area (Å²) < 4.78 is 0. The lowest BCUT2D eigenvalue weighted by Crippen LogP contribution is -2.44. The molecule has 0 aromatic carbocycles. The molecule has 0 spiro atoms. The number of rotatable bonds is 4. The number of nitrogens with zero attached hydrogens (tertiary/aromatic N) is 1. The average molecular weight is 239 g/mol. The van der Waals surface area contributed by atoms with Gasteiger partial charge in [0.05, 0.1) is 0 Å². The summed E-state index contributed by atoms with van der Waals surface area (Å²) in [6.45, 7) is 3.36. The topological polar surface area (TPSA) is 112 Å². The second kappa shape index (κ2) is 5.24. The van der Waals surface area contributed by atoms with Gasteiger partial charge in [-0.05, 0) is 12.0 Å². The van der Waals surface area contributed by atoms with Gasteiger partial charge in [0.25, 0.3) is 11.5 Å². The Bertz CT molecular complexity index is 460. The van der Waals surface area contributed by atoms with Crippen molar-refractivity contribution in [3.63, 3.8) is 0 Å². The molecule has 1 rings (SSSR count). The number of aromatic amines is 1. The molecule has 0 unspecified atom stereocenters. The van der Waals surface area contributed by atoms with E-state index in [1.54, 1.807) is 13.8 Å². The molecule has 7 nitrogen and oxygen atoms in total. The van der Waals surface area contributed by atoms with E-state index >= 15 is 0 Å². The van der Waals surface area contributed by atoms with Gasteiger partial charge in [-0.1, -0.05) is 13.8 Å². The van der Waals surface area contributed by atoms with E-state index in [0.29, 0.717) is 0 Å². The molecule has 0 radical (unpaired) electrons. The smallest absolute Gasteiger partial charge is 0.326 e. The number of hydrogen-bond acceptors (Lipinski definition) is 4. The maximum Gasteiger partial charge on any atom is 0.326 e. The van der Waals surface area contributed by atoms with Crippen LogP contribution in [0.15, 0.2) is 16.9 Å². The highest BCUT2D eigenvalue weighted by Crippen LogP contribution is 2.02. The van der Waals surface area contributed by atoms with Crippen LogP contribution in [0.4, 0.5) is 0 Å². The fourth-order valence-corrected chi connectivity index (χ4v) is 1.20. The molecule has 7 heteroatoms. The van der Waals surface area contributed by atoms with Crippen molar-refractivity contribution in [1.82, 2.24) is 15.5 Å². The fourth-order valence-electron chi connectivity index (χ4n) is 1.20. The SMILES string of the molecule is CC(C)[C@@H](NC(=O)c1ccc(=O)[nH]n1)C(=O)O. The largest absolute Gasteiger partial charge is 0.480 e. The van der Waals surface area contributed by atoms with Gasteiger partial charge in [-0.15, -0.1) is 0 Å². The van der Waals surface area contributed by atoms with Gasteiger partial charge in [-0.2, -0.15) is 5.10 Å². The summed E-state index contributed by atoms with van der Waals surface area (Å²) in [4.78, 5) is 33.2. The van der Waals surface area contributed by atoms with Crippen molar-refractivity contribution in [3.8, 4) is 0 Å². The molecule has 0 saturated carbocycles. The highest BCUT2D eigenvalue weighted by atomic mass is 16.4. The number of carbonyl (C=O) groups is 2. The molecule has 0 saturated heterocycles. The zero-order chi connectivity index (χ0) is 13.0. The summed E-state index contributed by atoms with van der Waals surface area (Å²) in [5.74, 6) is -2.00. The number of aliphatic carboxylic acids is 1. The number of aromatic nitrogens is 2. The summed E-state index contributed by atoms with van der Waals surface area (Å²) in [6.07, 6.45) is 0. The van der Waals surface area contributed by atoms with Gasteiger partial charge < -0.3 is 10.4 Å². The Kier molecular flexibility index (Phi) is 3.97. The van der Waals surface area contributed by atoms with Gasteiger partial charge in [0, 0.05) is 6.07 Å². The third-order valence-corrected chi connectivity index (χ3v) is 2.13. The van der Waals surface area contributed by atoms with Crippen molar-refractivity contribution in [2.75, 3.05) is 0 Å². The molecule has 0 aliphatic rings. The summed E-state index contributed by atoms with van der Waals surface area (Å²) >= 11 is 0. The Labute approximate surface area is 96.9 Å². The van der Waals surface area contributed by atoms with Crippen LogP contribution in [0.25, 0.3) is 0 Å². The normalized spacial score (nSPS) is 12.2. The Morgan fingerprint density at radius 3 is 2.47 bits per heavy atom. The molecule has 0 fully saturated rings. The maximum absolute atomic E-state index is 11.6. The lowest BCUT2D eigenvalue weighted by atomic mass is 10.0. The summed E-state index contributed by atoms with van der Waals surface area (Å²) in [7, 11) is 0. The van der Waals surface area contributed by atoms with Crippen molar-refractivity contribution in [2.45, 2.75) is 19.9 Å². The Hall–Kier alpha value is -2.18. The molecule has 3 N–H and O–H groups in total. The van der Waals surface area contributed by atoms with Crippen molar-refractivity contribution >= 4 is 11.9 Å². The monoisotopic (exact) mass is 239 g/mol. The van der Waals surface area contributed by atoms with Crippen LogP contribution in [0.3, 0.4) is 0 Å². The lowest BCUT2D eigenvalue weighted by Gasteiger charge is -2.17. The van der Waals surface area contributed by atoms with Gasteiger partial charge in [-0.3, -0.25) is 9.59 Å². The van der Waals surface area contributed by atoms with Crippen molar-refractivity contribution in [3.05, 3.63) is 28.2 Å². The van der Waals surface area contributed by atoms with E-state index in [2.05, 4.69) is 15.5 Å². The molecule has 1 aromatic rings. The van der Waals surface area contributed by atoms with Crippen LogP contribution in [0.1, 0.15) is 24.3 Å². The summed E-state index contributed by atoms with van der Waals surface area (Å²) in [5.41, 5.74) is -0.461. The van der Waals surface area contributed by atoms with Gasteiger partial charge in [-0.25, -0.2) is 9.89 Å². The average Bonchev–Trinajstić information content (AvgIpc) is 2.25. The van der Waals surface area contributed by atoms with Crippen LogP contribution >= 0.6 is 0 Å². The van der Waals surface area contributed by atoms with Crippen LogP contribution in [-0.2, 0) is 4.79 Å². The minimum Gasteiger partial charge on any atom is -0.480 e. The number of amides is 1. The van der Waals surface area contributed by atoms with Gasteiger partial charge in [0.2, 0.25) is 0 Å². The van der Waals surface area contributed by atoms with E-state index in [0.717, 1.165) is 6.07 Å². The quantitative estimate of drug-likeness (QED) is 0.662. The van der Waals surface area contributed by atoms with Crippen LogP contribution < -0.4 is 10.9 Å². The summed E-state index contributed by atoms with van der Waals surface area (Å²) in [6, 6.07) is 1.39. The molecule has 0 aliphatic carbocycles. The number of carboxylic acid groups (broad SMARTS) is 1. The zero-order valence-electron chi connectivity index (χ0n) is 9.43. The minimum absolute atomic E-state index is 0.0310. The first-order chi connectivity index (χ1) is 7.91. The highest BCUT2D eigenvalue weighted by molar-refractivity contribution is 5.94. The highest BCUT2D eigenvalue weighted by Gasteiger charge is 2.24. The first kappa shape index (κ1) is 12.9. The van der Waals surface area contributed by atoms with Gasteiger partial charge in [0.1, 0.15) is 11.7 Å². The third-order valence-electron chi connectivity index (χ3n) is 2.13. The van der Waals surface area contributed by atoms with Crippen LogP contribution in [-0.4, -0.2) is 33.2 Å². The number of H-pyrrole nitrogens is 1. The molecule has 1 aromatic heterocycles. The predicted octanol–water partition coefficient (Wildman–Crippen LogP) is -0.391. The van der Waals surface area contributed by atoms with E-state index in [1.807, 2.05) is 0 Å². The number of nitrogens with one attached hydrogen (secondary N) is 2. The van der Waals surface area contributed by atoms with E-state index in [9.17, 15) is 14.4 Å². The standard InChI is InChI=1S/C10H13N3O4/c1-5(2)8(10(16)17)11-9(15)6-3-4-7(14)13-12-6/h3-5,8H,1-2H3,(H,11,15)(H,13,14)(H,16,17)/t8-/m1/s1. The maximum atomic E-state index is 11.6. The van der Waals surface area contributed by atoms with Crippen molar-refractivity contribution in [2.24, 2.45) is 5.92 Å². The molecule has 1 atom stereocenters. The Morgan fingerprint density at radius 2 is 2.06 bits per heavy atom. The zero-order valence-corrected chi connectivity index (χ0v) is 9.43. The second-order valence-corrected chi connectivity index (χ2v) is 3.84. The number of carboxylic acids is 1. The molecule has 0 bridgehead atoms. The first-order valence-corrected chi connectivity index (χ1v) is 5.01. The van der Waals surface area contributed by atoms with E-state index in [-0.39, 0.29) is 11.6 Å². The van der Waals surface area contributed by atoms with E-state index in [1.165, 1.54) is 6.07 Å². The molecular formula is C10H13N3O4. The molecule has 1 heterocycles. The number of carbonyl (C=O) groups excluding carboxylic acids is 1. The molecule has 0 aliphatic heterocycles. The third kappa shape index (κ3) is 3.40. The second-order valence-electron chi connectivity index (χ2n) is 3.84. The molecule has 1 amide bonds. The van der Waals surface area contributed by atoms with Crippen LogP contribution in [0.5, 0.6) is 0 Å². The lowest BCUT2D eigenvalue weighted by molar-refractivity contribution is -0.140. The molecule has 92 valence electrons. The molecule has 17 heavy (non-hydrogen) atoms. The predicted molar refractivity (Wildman–Crippen MR) is 58.6 cm³/mol. The number of hydrogen-bond donors (Lipinski definition) is 3. The fraction of sp³-hybridized carbons (Fsp3) is 0.400. The summed E-state index contributed by atoms with van der Waals surface area (Å²) in [5, 5.41) is 16.8. The molecular weight excluding hydrogens is 226 g/mol. The van der Waals surface area contributed by atoms with Crippen LogP contribution in [0.2, 0.25) is 0 Å². The Morgan fingerprint density at radius 1 is 1.41 bits per heavy atom. The van der Waals surface area contributed by atoms with Crippen LogP contribution in [0, 0.1) is 5.92 Å². The van der Waals surface area contributed by atoms with E-state index < -0.39 is 23.5 Å². The van der Waals surface area contributed by atoms with Gasteiger partial charge in [0.15, 0.2) is 0 Å². The minimum atomic E-state index is -1.11.